The molecule has 1 saturated carbocycles. The van der Waals surface area contributed by atoms with E-state index in [2.05, 4.69) is 13.8 Å². The number of nitrogens with zero attached hydrogens (tertiary/aromatic N) is 2. The average molecular weight is 573 g/mol. The molecule has 4 fully saturated rings. The summed E-state index contributed by atoms with van der Waals surface area (Å²) in [5, 5.41) is 11.6. The first-order chi connectivity index (χ1) is 19.8. The van der Waals surface area contributed by atoms with Crippen LogP contribution in [-0.2, 0) is 30.2 Å². The molecule has 6 unspecified atom stereocenters. The van der Waals surface area contributed by atoms with Gasteiger partial charge in [-0.2, -0.15) is 0 Å². The molecule has 0 radical (unpaired) electrons. The third-order valence-corrected chi connectivity index (χ3v) is 9.33. The molecule has 2 amide bonds. The fraction of sp³-hybridized carbons (Fsp3) is 0.750. The van der Waals surface area contributed by atoms with Gasteiger partial charge in [-0.15, -0.1) is 0 Å². The van der Waals surface area contributed by atoms with Gasteiger partial charge in [0, 0.05) is 62.9 Å². The van der Waals surface area contributed by atoms with Gasteiger partial charge in [-0.05, 0) is 37.2 Å². The van der Waals surface area contributed by atoms with Gasteiger partial charge in [0.25, 0.3) is 0 Å². The van der Waals surface area contributed by atoms with Crippen LogP contribution in [0, 0.1) is 35.5 Å². The van der Waals surface area contributed by atoms with Crippen LogP contribution >= 0.6 is 0 Å². The van der Waals surface area contributed by atoms with Crippen molar-refractivity contribution in [3.05, 3.63) is 35.9 Å². The molecule has 3 aliphatic heterocycles. The summed E-state index contributed by atoms with van der Waals surface area (Å²) in [7, 11) is 1.70. The number of fused-ring (bicyclic) bond motifs is 1. The topological polar surface area (TPSA) is 97.8 Å². The molecule has 3 saturated heterocycles. The number of likely N-dealkylation sites (tertiary alicyclic amines) is 1. The first-order valence-corrected chi connectivity index (χ1v) is 15.5. The lowest BCUT2D eigenvalue weighted by Gasteiger charge is -2.38. The lowest BCUT2D eigenvalue weighted by Crippen LogP contribution is -2.52. The van der Waals surface area contributed by atoms with Crippen LogP contribution in [0.2, 0.25) is 0 Å². The van der Waals surface area contributed by atoms with Crippen LogP contribution in [-0.4, -0.2) is 98.5 Å². The Bertz CT molecular complexity index is 1010. The normalized spacial score (nSPS) is 30.3. The number of carbonyl (C=O) groups is 2. The number of benzene rings is 1. The second kappa shape index (κ2) is 13.8. The van der Waals surface area contributed by atoms with E-state index < -0.39 is 6.10 Å². The van der Waals surface area contributed by atoms with Gasteiger partial charge in [0.15, 0.2) is 6.29 Å². The Kier molecular flexibility index (Phi) is 10.2. The predicted octanol–water partition coefficient (Wildman–Crippen LogP) is 3.58. The number of urea groups is 1. The third kappa shape index (κ3) is 7.42. The van der Waals surface area contributed by atoms with Crippen molar-refractivity contribution in [3.63, 3.8) is 0 Å². The van der Waals surface area contributed by atoms with Crippen LogP contribution in [0.5, 0.6) is 0 Å². The summed E-state index contributed by atoms with van der Waals surface area (Å²) in [5.74, 6) is 0.559. The molecule has 9 nitrogen and oxygen atoms in total. The molecule has 1 aromatic carbocycles. The zero-order chi connectivity index (χ0) is 28.9. The van der Waals surface area contributed by atoms with E-state index in [-0.39, 0.29) is 61.0 Å². The van der Waals surface area contributed by atoms with E-state index in [0.717, 1.165) is 24.8 Å². The molecule has 1 aromatic rings. The molecular weight excluding hydrogens is 524 g/mol. The number of esters is 1. The zero-order valence-corrected chi connectivity index (χ0v) is 24.9. The van der Waals surface area contributed by atoms with E-state index >= 15 is 0 Å². The van der Waals surface area contributed by atoms with E-state index in [1.54, 1.807) is 12.0 Å². The molecule has 1 N–H and O–H groups in total. The maximum absolute atomic E-state index is 13.7. The maximum Gasteiger partial charge on any atom is 0.320 e. The number of aliphatic hydroxyl groups is 1. The molecule has 9 heteroatoms. The molecule has 4 aliphatic rings. The number of piperidine rings is 1. The highest BCUT2D eigenvalue weighted by Gasteiger charge is 2.56. The second-order valence-corrected chi connectivity index (χ2v) is 13.0. The van der Waals surface area contributed by atoms with Crippen LogP contribution in [0.15, 0.2) is 30.3 Å². The highest BCUT2D eigenvalue weighted by Crippen LogP contribution is 2.49. The molecule has 3 heterocycles. The van der Waals surface area contributed by atoms with Gasteiger partial charge in [0.1, 0.15) is 6.10 Å². The number of methoxy groups -OCH3 is 1. The van der Waals surface area contributed by atoms with Crippen molar-refractivity contribution in [2.45, 2.75) is 64.4 Å². The van der Waals surface area contributed by atoms with Crippen LogP contribution in [0.4, 0.5) is 4.79 Å². The molecule has 228 valence electrons. The molecular formula is C32H48N2O7. The molecule has 8 atom stereocenters. The van der Waals surface area contributed by atoms with Crippen LogP contribution in [0.1, 0.15) is 45.1 Å². The quantitative estimate of drug-likeness (QED) is 0.383. The molecule has 5 rings (SSSR count). The zero-order valence-electron chi connectivity index (χ0n) is 24.9. The highest BCUT2D eigenvalue weighted by atomic mass is 16.7. The van der Waals surface area contributed by atoms with Crippen LogP contribution < -0.4 is 0 Å². The maximum atomic E-state index is 13.7. The smallest absolute Gasteiger partial charge is 0.320 e. The van der Waals surface area contributed by atoms with Gasteiger partial charge in [0.2, 0.25) is 0 Å². The standard InChI is InChI=1S/C32H48N2O7/c1-21(2)15-34(32(37)33-11-7-10-23(16-33)18-38-3)17-28(35)24(12-22-8-5-4-6-9-22)14-29(36)41-30-25-13-26-27(30)20-40-31(26)39-19-25/h4-6,8-9,21,23-28,30-31,35H,7,10-20H2,1-3H3/t23?,24-,25?,26?,27?,28-,30?,31?/m1/s1. The number of hydrogen-bond acceptors (Lipinski definition) is 7. The summed E-state index contributed by atoms with van der Waals surface area (Å²) in [6.07, 6.45) is 2.33. The lowest BCUT2D eigenvalue weighted by molar-refractivity contribution is -0.178. The summed E-state index contributed by atoms with van der Waals surface area (Å²) < 4.78 is 23.1. The van der Waals surface area contributed by atoms with Crippen molar-refractivity contribution < 1.29 is 33.6 Å². The van der Waals surface area contributed by atoms with Crippen LogP contribution in [0.25, 0.3) is 0 Å². The van der Waals surface area contributed by atoms with Crippen molar-refractivity contribution in [2.75, 3.05) is 53.1 Å². The van der Waals surface area contributed by atoms with Crippen LogP contribution in [0.3, 0.4) is 0 Å². The Morgan fingerprint density at radius 2 is 1.90 bits per heavy atom. The second-order valence-electron chi connectivity index (χ2n) is 13.0. The number of rotatable bonds is 12. The number of aliphatic hydroxyl groups excluding tert-OH is 1. The number of ether oxygens (including phenoxy) is 4. The first-order valence-electron chi connectivity index (χ1n) is 15.5. The average Bonchev–Trinajstić information content (AvgIpc) is 3.49. The van der Waals surface area contributed by atoms with Crippen molar-refractivity contribution in [1.29, 1.82) is 0 Å². The summed E-state index contributed by atoms with van der Waals surface area (Å²) in [6.45, 7) is 8.00. The molecule has 0 spiro atoms. The largest absolute Gasteiger partial charge is 0.462 e. The molecule has 2 bridgehead atoms. The Hall–Kier alpha value is -2.20. The van der Waals surface area contributed by atoms with E-state index in [4.69, 9.17) is 18.9 Å². The van der Waals surface area contributed by atoms with E-state index in [9.17, 15) is 14.7 Å². The number of carbonyl (C=O) groups excluding carboxylic acids is 2. The van der Waals surface area contributed by atoms with Crippen molar-refractivity contribution >= 4 is 12.0 Å². The van der Waals surface area contributed by atoms with Gasteiger partial charge in [-0.25, -0.2) is 4.79 Å². The lowest BCUT2D eigenvalue weighted by atomic mass is 9.90. The van der Waals surface area contributed by atoms with Gasteiger partial charge in [0.05, 0.1) is 32.3 Å². The minimum Gasteiger partial charge on any atom is -0.462 e. The SMILES string of the molecule is COCC1CCCN(C(=O)N(CC(C)C)C[C@@H](O)[C@@H](CC(=O)OC2C3COC4OCC2C4C3)Cc2ccccc2)C1. The summed E-state index contributed by atoms with van der Waals surface area (Å²) >= 11 is 0. The number of amides is 2. The molecule has 41 heavy (non-hydrogen) atoms. The van der Waals surface area contributed by atoms with Gasteiger partial charge < -0.3 is 33.9 Å². The Labute approximate surface area is 244 Å². The van der Waals surface area contributed by atoms with Gasteiger partial charge in [-0.1, -0.05) is 44.2 Å². The summed E-state index contributed by atoms with van der Waals surface area (Å²) in [6, 6.07) is 9.87. The minimum atomic E-state index is -0.879. The summed E-state index contributed by atoms with van der Waals surface area (Å²) in [4.78, 5) is 30.8. The fourth-order valence-corrected chi connectivity index (χ4v) is 7.38. The molecule has 0 aromatic heterocycles. The fourth-order valence-electron chi connectivity index (χ4n) is 7.38. The predicted molar refractivity (Wildman–Crippen MR) is 153 cm³/mol. The molecule has 1 aliphatic carbocycles. The minimum absolute atomic E-state index is 0.0476. The monoisotopic (exact) mass is 572 g/mol. The van der Waals surface area contributed by atoms with Crippen molar-refractivity contribution in [3.8, 4) is 0 Å². The van der Waals surface area contributed by atoms with Crippen molar-refractivity contribution in [1.82, 2.24) is 9.80 Å². The van der Waals surface area contributed by atoms with E-state index in [0.29, 0.717) is 57.7 Å². The Morgan fingerprint density at radius 3 is 2.66 bits per heavy atom. The van der Waals surface area contributed by atoms with E-state index in [1.165, 1.54) is 0 Å². The Morgan fingerprint density at radius 1 is 1.12 bits per heavy atom. The first kappa shape index (κ1) is 30.3. The van der Waals surface area contributed by atoms with Gasteiger partial charge in [-0.3, -0.25) is 4.79 Å². The van der Waals surface area contributed by atoms with Crippen molar-refractivity contribution in [2.24, 2.45) is 35.5 Å². The summed E-state index contributed by atoms with van der Waals surface area (Å²) in [5.41, 5.74) is 1.04. The highest BCUT2D eigenvalue weighted by molar-refractivity contribution is 5.74. The van der Waals surface area contributed by atoms with Gasteiger partial charge >= 0.3 is 12.0 Å². The third-order valence-electron chi connectivity index (χ3n) is 9.33. The Balaban J connectivity index is 1.26. The van der Waals surface area contributed by atoms with E-state index in [1.807, 2.05) is 35.2 Å². The number of hydrogen-bond donors (Lipinski definition) is 1.